The molecule has 0 radical (unpaired) electrons. The monoisotopic (exact) mass is 248 g/mol. The summed E-state index contributed by atoms with van der Waals surface area (Å²) >= 11 is 0. The molecule has 1 aliphatic rings. The number of methoxy groups -OCH3 is 2. The van der Waals surface area contributed by atoms with Crippen molar-refractivity contribution in [3.05, 3.63) is 5.56 Å². The molecular formula is C12H16N4O2. The van der Waals surface area contributed by atoms with Gasteiger partial charge in [0.25, 0.3) is 0 Å². The summed E-state index contributed by atoms with van der Waals surface area (Å²) in [5.41, 5.74) is 0.219. The quantitative estimate of drug-likeness (QED) is 0.873. The molecule has 0 atom stereocenters. The summed E-state index contributed by atoms with van der Waals surface area (Å²) in [6.07, 6.45) is 4.69. The fourth-order valence-corrected chi connectivity index (χ4v) is 2.13. The van der Waals surface area contributed by atoms with E-state index in [0.29, 0.717) is 12.0 Å². The molecule has 0 bridgehead atoms. The van der Waals surface area contributed by atoms with Gasteiger partial charge in [-0.3, -0.25) is 0 Å². The Labute approximate surface area is 106 Å². The molecule has 6 heteroatoms. The van der Waals surface area contributed by atoms with Gasteiger partial charge in [-0.15, -0.1) is 0 Å². The van der Waals surface area contributed by atoms with Crippen molar-refractivity contribution in [1.29, 1.82) is 5.26 Å². The Kier molecular flexibility index (Phi) is 3.82. The summed E-state index contributed by atoms with van der Waals surface area (Å²) in [6.45, 7) is 0. The van der Waals surface area contributed by atoms with E-state index in [4.69, 9.17) is 14.7 Å². The zero-order valence-corrected chi connectivity index (χ0v) is 10.6. The first-order valence-corrected chi connectivity index (χ1v) is 5.95. The van der Waals surface area contributed by atoms with Crippen LogP contribution in [0.3, 0.4) is 0 Å². The van der Waals surface area contributed by atoms with Crippen LogP contribution in [0.2, 0.25) is 0 Å². The lowest BCUT2D eigenvalue weighted by atomic mass is 10.2. The van der Waals surface area contributed by atoms with Crippen LogP contribution in [0.4, 0.5) is 5.95 Å². The average Bonchev–Trinajstić information content (AvgIpc) is 2.90. The highest BCUT2D eigenvalue weighted by Gasteiger charge is 2.19. The first kappa shape index (κ1) is 12.4. The number of nitriles is 1. The maximum Gasteiger partial charge on any atom is 0.240 e. The van der Waals surface area contributed by atoms with Crippen LogP contribution in [-0.2, 0) is 0 Å². The van der Waals surface area contributed by atoms with Gasteiger partial charge in [0, 0.05) is 6.04 Å². The number of nitrogens with one attached hydrogen (secondary N) is 1. The maximum absolute atomic E-state index is 9.03. The predicted octanol–water partition coefficient (Wildman–Crippen LogP) is 1.72. The van der Waals surface area contributed by atoms with Crippen molar-refractivity contribution in [3.63, 3.8) is 0 Å². The zero-order chi connectivity index (χ0) is 13.0. The van der Waals surface area contributed by atoms with Crippen LogP contribution in [0.5, 0.6) is 11.8 Å². The maximum atomic E-state index is 9.03. The molecule has 1 aromatic heterocycles. The highest BCUT2D eigenvalue weighted by Crippen LogP contribution is 2.27. The van der Waals surface area contributed by atoms with Crippen molar-refractivity contribution < 1.29 is 9.47 Å². The summed E-state index contributed by atoms with van der Waals surface area (Å²) in [6, 6.07) is 2.38. The molecule has 0 saturated heterocycles. The van der Waals surface area contributed by atoms with Crippen molar-refractivity contribution >= 4 is 5.95 Å². The highest BCUT2D eigenvalue weighted by molar-refractivity contribution is 5.49. The molecule has 1 fully saturated rings. The van der Waals surface area contributed by atoms with E-state index in [-0.39, 0.29) is 17.3 Å². The molecule has 18 heavy (non-hydrogen) atoms. The molecule has 0 spiro atoms. The first-order chi connectivity index (χ1) is 8.78. The molecule has 0 amide bonds. The molecule has 0 aliphatic heterocycles. The molecule has 2 rings (SSSR count). The third-order valence-electron chi connectivity index (χ3n) is 3.03. The number of nitrogens with zero attached hydrogens (tertiary/aromatic N) is 3. The molecular weight excluding hydrogens is 232 g/mol. The zero-order valence-electron chi connectivity index (χ0n) is 10.6. The first-order valence-electron chi connectivity index (χ1n) is 5.95. The number of hydrogen-bond donors (Lipinski definition) is 1. The third-order valence-corrected chi connectivity index (χ3v) is 3.03. The predicted molar refractivity (Wildman–Crippen MR) is 65.7 cm³/mol. The van der Waals surface area contributed by atoms with Crippen molar-refractivity contribution in [2.75, 3.05) is 19.5 Å². The van der Waals surface area contributed by atoms with Gasteiger partial charge in [-0.25, -0.2) is 0 Å². The van der Waals surface area contributed by atoms with Crippen LogP contribution in [0.1, 0.15) is 31.2 Å². The normalized spacial score (nSPS) is 15.2. The van der Waals surface area contributed by atoms with E-state index in [9.17, 15) is 0 Å². The Morgan fingerprint density at radius 1 is 1.17 bits per heavy atom. The molecule has 0 aromatic carbocycles. The van der Waals surface area contributed by atoms with E-state index in [0.717, 1.165) is 12.8 Å². The van der Waals surface area contributed by atoms with Crippen LogP contribution in [-0.4, -0.2) is 30.2 Å². The smallest absolute Gasteiger partial charge is 0.240 e. The summed E-state index contributed by atoms with van der Waals surface area (Å²) in [5.74, 6) is 0.935. The van der Waals surface area contributed by atoms with E-state index in [1.807, 2.05) is 6.07 Å². The van der Waals surface area contributed by atoms with Gasteiger partial charge in [-0.05, 0) is 12.8 Å². The van der Waals surface area contributed by atoms with Crippen LogP contribution >= 0.6 is 0 Å². The van der Waals surface area contributed by atoms with Gasteiger partial charge in [-0.1, -0.05) is 12.8 Å². The topological polar surface area (TPSA) is 80.1 Å². The lowest BCUT2D eigenvalue weighted by Gasteiger charge is -2.14. The Morgan fingerprint density at radius 2 is 1.72 bits per heavy atom. The van der Waals surface area contributed by atoms with Crippen molar-refractivity contribution in [2.24, 2.45) is 0 Å². The van der Waals surface area contributed by atoms with Gasteiger partial charge < -0.3 is 14.8 Å². The van der Waals surface area contributed by atoms with E-state index < -0.39 is 0 Å². The number of aromatic nitrogens is 2. The minimum absolute atomic E-state index is 0.219. The molecule has 96 valence electrons. The Hall–Kier alpha value is -2.03. The van der Waals surface area contributed by atoms with Crippen molar-refractivity contribution in [2.45, 2.75) is 31.7 Å². The van der Waals surface area contributed by atoms with Crippen LogP contribution in [0, 0.1) is 11.3 Å². The fraction of sp³-hybridized carbons (Fsp3) is 0.583. The minimum atomic E-state index is 0.219. The minimum Gasteiger partial charge on any atom is -0.480 e. The standard InChI is InChI=1S/C12H16N4O2/c1-17-10-9(7-13)11(18-2)16-12(15-10)14-8-5-3-4-6-8/h8H,3-6H2,1-2H3,(H,14,15,16). The Morgan fingerprint density at radius 3 is 2.17 bits per heavy atom. The molecule has 1 aliphatic carbocycles. The largest absolute Gasteiger partial charge is 0.480 e. The third kappa shape index (κ3) is 2.45. The number of ether oxygens (including phenoxy) is 2. The van der Waals surface area contributed by atoms with E-state index in [2.05, 4.69) is 15.3 Å². The van der Waals surface area contributed by atoms with Crippen LogP contribution < -0.4 is 14.8 Å². The van der Waals surface area contributed by atoms with E-state index in [1.165, 1.54) is 27.1 Å². The second-order valence-corrected chi connectivity index (χ2v) is 4.18. The average molecular weight is 248 g/mol. The Balaban J connectivity index is 2.28. The van der Waals surface area contributed by atoms with Gasteiger partial charge in [0.2, 0.25) is 17.7 Å². The lowest BCUT2D eigenvalue weighted by Crippen LogP contribution is -2.17. The SMILES string of the molecule is COc1nc(NC2CCCC2)nc(OC)c1C#N. The second kappa shape index (κ2) is 5.54. The van der Waals surface area contributed by atoms with Crippen LogP contribution in [0.15, 0.2) is 0 Å². The van der Waals surface area contributed by atoms with Gasteiger partial charge in [0.05, 0.1) is 14.2 Å². The highest BCUT2D eigenvalue weighted by atomic mass is 16.5. The molecule has 1 saturated carbocycles. The van der Waals surface area contributed by atoms with E-state index >= 15 is 0 Å². The summed E-state index contributed by atoms with van der Waals surface area (Å²) in [5, 5.41) is 12.3. The number of hydrogen-bond acceptors (Lipinski definition) is 6. The van der Waals surface area contributed by atoms with Crippen LogP contribution in [0.25, 0.3) is 0 Å². The van der Waals surface area contributed by atoms with Gasteiger partial charge in [0.1, 0.15) is 6.07 Å². The molecule has 6 nitrogen and oxygen atoms in total. The van der Waals surface area contributed by atoms with Gasteiger partial charge in [0.15, 0.2) is 5.56 Å². The van der Waals surface area contributed by atoms with Crippen molar-refractivity contribution in [1.82, 2.24) is 9.97 Å². The molecule has 1 aromatic rings. The molecule has 0 unspecified atom stereocenters. The summed E-state index contributed by atoms with van der Waals surface area (Å²) < 4.78 is 10.2. The molecule has 1 heterocycles. The number of anilines is 1. The number of rotatable bonds is 4. The molecule has 1 N–H and O–H groups in total. The lowest BCUT2D eigenvalue weighted by molar-refractivity contribution is 0.370. The summed E-state index contributed by atoms with van der Waals surface area (Å²) in [4.78, 5) is 8.37. The summed E-state index contributed by atoms with van der Waals surface area (Å²) in [7, 11) is 2.95. The fourth-order valence-electron chi connectivity index (χ4n) is 2.13. The Bertz CT molecular complexity index is 439. The van der Waals surface area contributed by atoms with Gasteiger partial charge >= 0.3 is 0 Å². The van der Waals surface area contributed by atoms with Crippen molar-refractivity contribution in [3.8, 4) is 17.8 Å². The van der Waals surface area contributed by atoms with Gasteiger partial charge in [-0.2, -0.15) is 15.2 Å². The van der Waals surface area contributed by atoms with E-state index in [1.54, 1.807) is 0 Å². The second-order valence-electron chi connectivity index (χ2n) is 4.18.